The fraction of sp³-hybridized carbons (Fsp3) is 0.0400. The van der Waals surface area contributed by atoms with Gasteiger partial charge in [0, 0.05) is 5.56 Å². The van der Waals surface area contributed by atoms with Crippen LogP contribution in [-0.2, 0) is 9.59 Å². The van der Waals surface area contributed by atoms with Crippen molar-refractivity contribution in [3.8, 4) is 11.5 Å². The highest BCUT2D eigenvalue weighted by molar-refractivity contribution is 6.39. The molecule has 0 saturated carbocycles. The number of barbiturate groups is 1. The van der Waals surface area contributed by atoms with E-state index in [0.29, 0.717) is 16.9 Å². The van der Waals surface area contributed by atoms with Gasteiger partial charge in [-0.3, -0.25) is 14.9 Å². The Kier molecular flexibility index (Phi) is 5.99. The predicted octanol–water partition coefficient (Wildman–Crippen LogP) is 3.58. The molecule has 0 spiro atoms. The minimum Gasteiger partial charge on any atom is -0.497 e. The molecular weight excluding hydrogens is 424 g/mol. The van der Waals surface area contributed by atoms with Gasteiger partial charge in [-0.25, -0.2) is 14.5 Å². The van der Waals surface area contributed by atoms with Crippen molar-refractivity contribution < 1.29 is 28.7 Å². The number of rotatable bonds is 5. The van der Waals surface area contributed by atoms with Gasteiger partial charge in [-0.15, -0.1) is 0 Å². The number of amides is 4. The lowest BCUT2D eigenvalue weighted by Crippen LogP contribution is -2.54. The van der Waals surface area contributed by atoms with Gasteiger partial charge >= 0.3 is 12.0 Å². The highest BCUT2D eigenvalue weighted by Gasteiger charge is 2.37. The van der Waals surface area contributed by atoms with Crippen LogP contribution in [0.5, 0.6) is 11.5 Å². The molecule has 1 fully saturated rings. The third-order valence-corrected chi connectivity index (χ3v) is 4.86. The number of imide groups is 2. The number of para-hydroxylation sites is 1. The quantitative estimate of drug-likeness (QED) is 0.281. The number of benzene rings is 3. The molecule has 4 rings (SSSR count). The molecule has 8 nitrogen and oxygen atoms in total. The van der Waals surface area contributed by atoms with E-state index in [2.05, 4.69) is 5.32 Å². The number of nitrogens with one attached hydrogen (secondary N) is 1. The molecule has 3 aromatic rings. The summed E-state index contributed by atoms with van der Waals surface area (Å²) in [6, 6.07) is 20.3. The second kappa shape index (κ2) is 9.19. The van der Waals surface area contributed by atoms with Crippen molar-refractivity contribution in [2.24, 2.45) is 0 Å². The third-order valence-electron chi connectivity index (χ3n) is 4.86. The van der Waals surface area contributed by atoms with E-state index in [-0.39, 0.29) is 17.0 Å². The van der Waals surface area contributed by atoms with Gasteiger partial charge in [0.05, 0.1) is 18.4 Å². The largest absolute Gasteiger partial charge is 0.497 e. The molecule has 33 heavy (non-hydrogen) atoms. The van der Waals surface area contributed by atoms with Crippen molar-refractivity contribution >= 4 is 35.6 Å². The molecule has 1 saturated heterocycles. The molecule has 3 aromatic carbocycles. The predicted molar refractivity (Wildman–Crippen MR) is 120 cm³/mol. The van der Waals surface area contributed by atoms with Gasteiger partial charge in [0.15, 0.2) is 0 Å². The topological polar surface area (TPSA) is 102 Å². The van der Waals surface area contributed by atoms with Crippen LogP contribution in [0.2, 0.25) is 0 Å². The lowest BCUT2D eigenvalue weighted by molar-refractivity contribution is -0.122. The van der Waals surface area contributed by atoms with Gasteiger partial charge in [-0.2, -0.15) is 0 Å². The first-order valence-corrected chi connectivity index (χ1v) is 9.89. The van der Waals surface area contributed by atoms with Gasteiger partial charge in [-0.1, -0.05) is 36.4 Å². The number of hydrogen-bond donors (Lipinski definition) is 1. The van der Waals surface area contributed by atoms with E-state index in [4.69, 9.17) is 9.47 Å². The summed E-state index contributed by atoms with van der Waals surface area (Å²) in [6.07, 6.45) is 1.29. The Bertz CT molecular complexity index is 1270. The van der Waals surface area contributed by atoms with Crippen LogP contribution in [-0.4, -0.2) is 30.9 Å². The van der Waals surface area contributed by atoms with Crippen molar-refractivity contribution in [3.05, 3.63) is 95.6 Å². The summed E-state index contributed by atoms with van der Waals surface area (Å²) in [5.41, 5.74) is 0.654. The number of nitrogens with zero attached hydrogens (tertiary/aromatic N) is 1. The first kappa shape index (κ1) is 21.5. The summed E-state index contributed by atoms with van der Waals surface area (Å²) in [7, 11) is 1.50. The van der Waals surface area contributed by atoms with E-state index in [1.807, 2.05) is 0 Å². The molecule has 0 bridgehead atoms. The molecular formula is C25H18N2O6. The second-order valence-electron chi connectivity index (χ2n) is 6.95. The molecule has 0 aliphatic carbocycles. The Balaban J connectivity index is 1.66. The van der Waals surface area contributed by atoms with E-state index in [0.717, 1.165) is 4.90 Å². The molecule has 4 amide bonds. The molecule has 1 aliphatic rings. The third kappa shape index (κ3) is 4.49. The highest BCUT2D eigenvalue weighted by atomic mass is 16.5. The summed E-state index contributed by atoms with van der Waals surface area (Å²) >= 11 is 0. The van der Waals surface area contributed by atoms with Crippen LogP contribution in [0.3, 0.4) is 0 Å². The zero-order valence-electron chi connectivity index (χ0n) is 17.5. The van der Waals surface area contributed by atoms with Crippen molar-refractivity contribution in [2.75, 3.05) is 12.0 Å². The lowest BCUT2D eigenvalue weighted by Gasteiger charge is -2.26. The Morgan fingerprint density at radius 1 is 0.879 bits per heavy atom. The van der Waals surface area contributed by atoms with Gasteiger partial charge < -0.3 is 9.47 Å². The van der Waals surface area contributed by atoms with Crippen LogP contribution in [0.25, 0.3) is 6.08 Å². The average Bonchev–Trinajstić information content (AvgIpc) is 2.83. The standard InChI is InChI=1S/C25H18N2O6/c1-32-19-13-11-18(12-14-19)27-23(29)20(22(28)26-25(27)31)15-17-9-5-6-10-21(17)33-24(30)16-7-3-2-4-8-16/h2-15H,1H3,(H,26,28,31)/b20-15-. The monoisotopic (exact) mass is 442 g/mol. The minimum absolute atomic E-state index is 0.160. The van der Waals surface area contributed by atoms with E-state index in [9.17, 15) is 19.2 Å². The molecule has 0 unspecified atom stereocenters. The molecule has 1 aliphatic heterocycles. The van der Waals surface area contributed by atoms with Crippen molar-refractivity contribution in [1.29, 1.82) is 0 Å². The molecule has 1 N–H and O–H groups in total. The number of ether oxygens (including phenoxy) is 2. The van der Waals surface area contributed by atoms with Crippen LogP contribution >= 0.6 is 0 Å². The summed E-state index contributed by atoms with van der Waals surface area (Å²) in [6.45, 7) is 0. The zero-order chi connectivity index (χ0) is 23.4. The van der Waals surface area contributed by atoms with Crippen molar-refractivity contribution in [1.82, 2.24) is 5.32 Å². The number of carbonyl (C=O) groups excluding carboxylic acids is 4. The summed E-state index contributed by atoms with van der Waals surface area (Å²) in [5.74, 6) is -1.54. The number of methoxy groups -OCH3 is 1. The molecule has 8 heteroatoms. The van der Waals surface area contributed by atoms with Crippen LogP contribution in [0, 0.1) is 0 Å². The number of urea groups is 1. The lowest BCUT2D eigenvalue weighted by atomic mass is 10.1. The fourth-order valence-corrected chi connectivity index (χ4v) is 3.20. The Morgan fingerprint density at radius 2 is 1.55 bits per heavy atom. The molecule has 0 atom stereocenters. The van der Waals surface area contributed by atoms with Crippen LogP contribution in [0.4, 0.5) is 10.5 Å². The SMILES string of the molecule is COc1ccc(N2C(=O)NC(=O)/C(=C/c3ccccc3OC(=O)c3ccccc3)C2=O)cc1. The van der Waals surface area contributed by atoms with Crippen molar-refractivity contribution in [3.63, 3.8) is 0 Å². The van der Waals surface area contributed by atoms with Crippen LogP contribution in [0.15, 0.2) is 84.4 Å². The van der Waals surface area contributed by atoms with Gasteiger partial charge in [-0.05, 0) is 48.5 Å². The first-order valence-electron chi connectivity index (χ1n) is 9.89. The Morgan fingerprint density at radius 3 is 2.24 bits per heavy atom. The summed E-state index contributed by atoms with van der Waals surface area (Å²) in [5, 5.41) is 2.16. The normalized spacial score (nSPS) is 14.8. The van der Waals surface area contributed by atoms with Gasteiger partial charge in [0.1, 0.15) is 17.1 Å². The number of esters is 1. The Labute approximate surface area is 189 Å². The smallest absolute Gasteiger partial charge is 0.343 e. The summed E-state index contributed by atoms with van der Waals surface area (Å²) in [4.78, 5) is 51.3. The molecule has 0 radical (unpaired) electrons. The van der Waals surface area contributed by atoms with Gasteiger partial charge in [0.25, 0.3) is 11.8 Å². The van der Waals surface area contributed by atoms with Crippen molar-refractivity contribution in [2.45, 2.75) is 0 Å². The molecule has 0 aromatic heterocycles. The van der Waals surface area contributed by atoms with E-state index >= 15 is 0 Å². The van der Waals surface area contributed by atoms with Crippen LogP contribution in [0.1, 0.15) is 15.9 Å². The maximum Gasteiger partial charge on any atom is 0.343 e. The second-order valence-corrected chi connectivity index (χ2v) is 6.95. The van der Waals surface area contributed by atoms with Crippen LogP contribution < -0.4 is 19.7 Å². The minimum atomic E-state index is -0.865. The van der Waals surface area contributed by atoms with E-state index in [1.54, 1.807) is 66.7 Å². The van der Waals surface area contributed by atoms with E-state index in [1.165, 1.54) is 25.3 Å². The summed E-state index contributed by atoms with van der Waals surface area (Å²) < 4.78 is 10.6. The highest BCUT2D eigenvalue weighted by Crippen LogP contribution is 2.27. The van der Waals surface area contributed by atoms with Gasteiger partial charge in [0.2, 0.25) is 0 Å². The Hall–Kier alpha value is -4.72. The number of anilines is 1. The average molecular weight is 442 g/mol. The fourth-order valence-electron chi connectivity index (χ4n) is 3.20. The number of hydrogen-bond acceptors (Lipinski definition) is 6. The van der Waals surface area contributed by atoms with E-state index < -0.39 is 23.8 Å². The first-order chi connectivity index (χ1) is 16.0. The zero-order valence-corrected chi connectivity index (χ0v) is 17.5. The maximum absolute atomic E-state index is 13.1. The molecule has 1 heterocycles. The molecule has 164 valence electrons. The maximum atomic E-state index is 13.1. The number of carbonyl (C=O) groups is 4.